The second-order valence-electron chi connectivity index (χ2n) is 7.11. The van der Waals surface area contributed by atoms with E-state index >= 15 is 0 Å². The molecule has 1 fully saturated rings. The van der Waals surface area contributed by atoms with Crippen LogP contribution in [0.1, 0.15) is 36.0 Å². The molecule has 0 aromatic heterocycles. The predicted molar refractivity (Wildman–Crippen MR) is 95.7 cm³/mol. The Balaban J connectivity index is 1.74. The van der Waals surface area contributed by atoms with E-state index in [1.54, 1.807) is 37.3 Å². The highest BCUT2D eigenvalue weighted by atomic mass is 19.4. The highest BCUT2D eigenvalue weighted by Crippen LogP contribution is 2.33. The van der Waals surface area contributed by atoms with Crippen molar-refractivity contribution < 1.29 is 22.4 Å². The summed E-state index contributed by atoms with van der Waals surface area (Å²) in [5.41, 5.74) is 1.76. The number of carbonyl (C=O) groups excluding carboxylic acids is 1. The molecule has 6 heteroatoms. The molecule has 144 valence electrons. The average molecular weight is 379 g/mol. The van der Waals surface area contributed by atoms with Crippen molar-refractivity contribution in [3.8, 4) is 11.1 Å². The highest BCUT2D eigenvalue weighted by molar-refractivity contribution is 5.79. The molecule has 1 aliphatic rings. The van der Waals surface area contributed by atoms with Crippen LogP contribution in [-0.2, 0) is 17.5 Å². The van der Waals surface area contributed by atoms with Gasteiger partial charge in [0.05, 0.1) is 5.56 Å². The third-order valence-corrected chi connectivity index (χ3v) is 4.87. The van der Waals surface area contributed by atoms with Crippen LogP contribution in [0.15, 0.2) is 42.5 Å². The molecule has 27 heavy (non-hydrogen) atoms. The molecule has 0 spiro atoms. The monoisotopic (exact) mass is 379 g/mol. The van der Waals surface area contributed by atoms with Crippen molar-refractivity contribution in [2.24, 2.45) is 5.92 Å². The molecule has 2 atom stereocenters. The second-order valence-corrected chi connectivity index (χ2v) is 7.11. The molecule has 0 heterocycles. The highest BCUT2D eigenvalue weighted by Gasteiger charge is 2.31. The summed E-state index contributed by atoms with van der Waals surface area (Å²) in [6.07, 6.45) is -4.08. The van der Waals surface area contributed by atoms with Gasteiger partial charge in [-0.2, -0.15) is 13.2 Å². The molecule has 0 saturated heterocycles. The molecule has 1 saturated carbocycles. The van der Waals surface area contributed by atoms with E-state index in [4.69, 9.17) is 0 Å². The van der Waals surface area contributed by atoms with Gasteiger partial charge in [-0.25, -0.2) is 4.39 Å². The van der Waals surface area contributed by atoms with Crippen molar-refractivity contribution in [1.82, 2.24) is 5.32 Å². The van der Waals surface area contributed by atoms with Crippen LogP contribution in [-0.4, -0.2) is 12.1 Å². The van der Waals surface area contributed by atoms with Crippen molar-refractivity contribution >= 4 is 5.91 Å². The smallest absolute Gasteiger partial charge is 0.352 e. The molecule has 1 N–H and O–H groups in total. The van der Waals surface area contributed by atoms with E-state index in [1.807, 2.05) is 0 Å². The van der Waals surface area contributed by atoms with Crippen LogP contribution < -0.4 is 5.32 Å². The Labute approximate surface area is 155 Å². The summed E-state index contributed by atoms with van der Waals surface area (Å²) in [6.45, 7) is 1.89. The molecule has 2 nitrogen and oxygen atoms in total. The molecular formula is C21H21F4NO. The van der Waals surface area contributed by atoms with E-state index in [0.29, 0.717) is 29.5 Å². The summed E-state index contributed by atoms with van der Waals surface area (Å²) in [5.74, 6) is -0.468. The minimum Gasteiger partial charge on any atom is -0.352 e. The number of aryl methyl sites for hydroxylation is 1. The lowest BCUT2D eigenvalue weighted by Gasteiger charge is -2.13. The number of rotatable bonds is 4. The predicted octanol–water partition coefficient (Wildman–Crippen LogP) is 5.44. The van der Waals surface area contributed by atoms with Gasteiger partial charge in [0.15, 0.2) is 0 Å². The van der Waals surface area contributed by atoms with Gasteiger partial charge in [0.1, 0.15) is 6.17 Å². The third-order valence-electron chi connectivity index (χ3n) is 4.87. The molecular weight excluding hydrogens is 358 g/mol. The number of amides is 1. The number of hydrogen-bond donors (Lipinski definition) is 1. The Bertz CT molecular complexity index is 831. The second kappa shape index (κ2) is 7.71. The van der Waals surface area contributed by atoms with Crippen molar-refractivity contribution in [3.05, 3.63) is 59.2 Å². The van der Waals surface area contributed by atoms with E-state index in [-0.39, 0.29) is 24.8 Å². The summed E-state index contributed by atoms with van der Waals surface area (Å²) in [6, 6.07) is 11.0. The average Bonchev–Trinajstić information content (AvgIpc) is 3.05. The fourth-order valence-electron chi connectivity index (χ4n) is 3.47. The molecule has 3 rings (SSSR count). The summed E-state index contributed by atoms with van der Waals surface area (Å²) >= 11 is 0. The van der Waals surface area contributed by atoms with E-state index < -0.39 is 17.9 Å². The van der Waals surface area contributed by atoms with E-state index in [0.717, 1.165) is 17.7 Å². The first-order chi connectivity index (χ1) is 12.7. The molecule has 0 radical (unpaired) electrons. The molecule has 2 aromatic rings. The largest absolute Gasteiger partial charge is 0.416 e. The lowest BCUT2D eigenvalue weighted by atomic mass is 9.98. The quantitative estimate of drug-likeness (QED) is 0.705. The van der Waals surface area contributed by atoms with E-state index in [2.05, 4.69) is 5.32 Å². The number of alkyl halides is 4. The van der Waals surface area contributed by atoms with Crippen molar-refractivity contribution in [2.75, 3.05) is 0 Å². The zero-order valence-electron chi connectivity index (χ0n) is 14.9. The summed E-state index contributed by atoms with van der Waals surface area (Å²) in [4.78, 5) is 12.1. The Hall–Kier alpha value is -2.37. The van der Waals surface area contributed by atoms with Crippen LogP contribution in [0.4, 0.5) is 17.6 Å². The molecule has 1 amide bonds. The van der Waals surface area contributed by atoms with Crippen molar-refractivity contribution in [2.45, 2.75) is 45.1 Å². The zero-order chi connectivity index (χ0) is 19.6. The van der Waals surface area contributed by atoms with E-state index in [9.17, 15) is 22.4 Å². The van der Waals surface area contributed by atoms with Crippen LogP contribution in [0, 0.1) is 12.8 Å². The summed E-state index contributed by atoms with van der Waals surface area (Å²) in [5, 5.41) is 2.80. The Morgan fingerprint density at radius 1 is 1.11 bits per heavy atom. The number of benzene rings is 2. The maximum atomic E-state index is 13.2. The Morgan fingerprint density at radius 2 is 1.89 bits per heavy atom. The van der Waals surface area contributed by atoms with Crippen molar-refractivity contribution in [3.63, 3.8) is 0 Å². The molecule has 0 bridgehead atoms. The number of hydrogen-bond acceptors (Lipinski definition) is 1. The first-order valence-corrected chi connectivity index (χ1v) is 8.92. The minimum atomic E-state index is -4.40. The van der Waals surface area contributed by atoms with Gasteiger partial charge in [0.2, 0.25) is 5.91 Å². The van der Waals surface area contributed by atoms with Gasteiger partial charge in [0, 0.05) is 12.5 Å². The van der Waals surface area contributed by atoms with Gasteiger partial charge in [-0.3, -0.25) is 4.79 Å². The van der Waals surface area contributed by atoms with Gasteiger partial charge in [-0.05, 0) is 66.6 Å². The van der Waals surface area contributed by atoms with Gasteiger partial charge >= 0.3 is 6.18 Å². The van der Waals surface area contributed by atoms with Crippen LogP contribution in [0.3, 0.4) is 0 Å². The van der Waals surface area contributed by atoms with Gasteiger partial charge in [-0.15, -0.1) is 0 Å². The Morgan fingerprint density at radius 3 is 2.56 bits per heavy atom. The lowest BCUT2D eigenvalue weighted by molar-refractivity contribution is -0.137. The van der Waals surface area contributed by atoms with Crippen LogP contribution in [0.2, 0.25) is 0 Å². The lowest BCUT2D eigenvalue weighted by Crippen LogP contribution is -2.29. The first kappa shape index (κ1) is 19.4. The third kappa shape index (κ3) is 4.87. The van der Waals surface area contributed by atoms with Crippen LogP contribution in [0.25, 0.3) is 11.1 Å². The fraction of sp³-hybridized carbons (Fsp3) is 0.381. The van der Waals surface area contributed by atoms with Crippen LogP contribution >= 0.6 is 0 Å². The first-order valence-electron chi connectivity index (χ1n) is 8.92. The topological polar surface area (TPSA) is 29.1 Å². The molecule has 0 aliphatic heterocycles. The normalized spacial score (nSPS) is 19.9. The van der Waals surface area contributed by atoms with Gasteiger partial charge in [-0.1, -0.05) is 24.3 Å². The Kier molecular flexibility index (Phi) is 5.53. The number of carbonyl (C=O) groups is 1. The maximum Gasteiger partial charge on any atom is 0.416 e. The van der Waals surface area contributed by atoms with Gasteiger partial charge in [0.25, 0.3) is 0 Å². The fourth-order valence-corrected chi connectivity index (χ4v) is 3.47. The maximum absolute atomic E-state index is 13.2. The van der Waals surface area contributed by atoms with Gasteiger partial charge < -0.3 is 5.32 Å². The number of halogens is 4. The van der Waals surface area contributed by atoms with Crippen LogP contribution in [0.5, 0.6) is 0 Å². The molecule has 2 aromatic carbocycles. The summed E-state index contributed by atoms with van der Waals surface area (Å²) < 4.78 is 52.4. The van der Waals surface area contributed by atoms with Crippen molar-refractivity contribution in [1.29, 1.82) is 0 Å². The standard InChI is InChI=1S/C21H21F4NO/c1-13-7-17(10-18(8-13)21(23,24)25)15-4-2-3-14(9-15)12-26-20(27)16-5-6-19(22)11-16/h2-4,7-10,16,19H,5-6,11-12H2,1H3,(H,26,27). The minimum absolute atomic E-state index is 0.171. The van der Waals surface area contributed by atoms with E-state index in [1.165, 1.54) is 0 Å². The zero-order valence-corrected chi connectivity index (χ0v) is 14.9. The number of nitrogens with one attached hydrogen (secondary N) is 1. The SMILES string of the molecule is Cc1cc(-c2cccc(CNC(=O)C3CCC(F)C3)c2)cc(C(F)(F)F)c1. The molecule has 2 unspecified atom stereocenters. The molecule has 1 aliphatic carbocycles. The summed E-state index contributed by atoms with van der Waals surface area (Å²) in [7, 11) is 0.